The molecule has 0 saturated heterocycles. The van der Waals surface area contributed by atoms with Crippen LogP contribution in [0.3, 0.4) is 0 Å². The van der Waals surface area contributed by atoms with Crippen LogP contribution in [0.25, 0.3) is 0 Å². The van der Waals surface area contributed by atoms with E-state index in [-0.39, 0.29) is 34.9 Å². The lowest BCUT2D eigenvalue weighted by Crippen LogP contribution is -2.26. The van der Waals surface area contributed by atoms with Crippen LogP contribution >= 0.6 is 22.9 Å². The standard InChI is InChI=1S/C22H19ClF2N2O4S/c1-27(12-13-5-8-17(30-2)18(10-13)31-22(24)25)21(29)14-6-7-15(23)16(11-14)26-20(28)19-4-3-9-32-19/h3-11,22H,12H2,1-2H3,(H,26,28). The Morgan fingerprint density at radius 1 is 1.16 bits per heavy atom. The van der Waals surface area contributed by atoms with E-state index in [1.165, 1.54) is 47.6 Å². The lowest BCUT2D eigenvalue weighted by Gasteiger charge is -2.19. The summed E-state index contributed by atoms with van der Waals surface area (Å²) in [6, 6.07) is 12.5. The summed E-state index contributed by atoms with van der Waals surface area (Å²) in [5.74, 6) is -0.636. The summed E-state index contributed by atoms with van der Waals surface area (Å²) < 4.78 is 34.8. The van der Waals surface area contributed by atoms with Gasteiger partial charge < -0.3 is 19.7 Å². The number of carbonyl (C=O) groups is 2. The van der Waals surface area contributed by atoms with Gasteiger partial charge in [0.25, 0.3) is 11.8 Å². The van der Waals surface area contributed by atoms with Crippen LogP contribution in [0.1, 0.15) is 25.6 Å². The number of hydrogen-bond acceptors (Lipinski definition) is 5. The molecule has 0 saturated carbocycles. The molecule has 0 spiro atoms. The van der Waals surface area contributed by atoms with Gasteiger partial charge in [-0.3, -0.25) is 9.59 Å². The van der Waals surface area contributed by atoms with Crippen molar-refractivity contribution in [2.75, 3.05) is 19.5 Å². The van der Waals surface area contributed by atoms with Gasteiger partial charge in [0, 0.05) is 19.2 Å². The van der Waals surface area contributed by atoms with Gasteiger partial charge in [-0.25, -0.2) is 0 Å². The van der Waals surface area contributed by atoms with E-state index in [0.717, 1.165) is 0 Å². The molecule has 0 radical (unpaired) electrons. The molecule has 32 heavy (non-hydrogen) atoms. The molecule has 0 aliphatic carbocycles. The first kappa shape index (κ1) is 23.5. The van der Waals surface area contributed by atoms with Gasteiger partial charge in [0.15, 0.2) is 11.5 Å². The molecule has 0 fully saturated rings. The van der Waals surface area contributed by atoms with Crippen LogP contribution in [0, 0.1) is 0 Å². The molecule has 0 atom stereocenters. The number of methoxy groups -OCH3 is 1. The summed E-state index contributed by atoms with van der Waals surface area (Å²) in [7, 11) is 2.91. The first-order valence-corrected chi connectivity index (χ1v) is 10.6. The molecule has 0 aliphatic heterocycles. The van der Waals surface area contributed by atoms with E-state index in [1.54, 1.807) is 36.7 Å². The third kappa shape index (κ3) is 5.74. The number of anilines is 1. The molecule has 0 unspecified atom stereocenters. The third-order valence-corrected chi connectivity index (χ3v) is 5.62. The van der Waals surface area contributed by atoms with Gasteiger partial charge in [0.2, 0.25) is 0 Å². The summed E-state index contributed by atoms with van der Waals surface area (Å²) in [6.45, 7) is -2.88. The van der Waals surface area contributed by atoms with Gasteiger partial charge in [0.05, 0.1) is 22.7 Å². The molecule has 3 aromatic rings. The zero-order valence-electron chi connectivity index (χ0n) is 17.1. The quantitative estimate of drug-likeness (QED) is 0.460. The summed E-state index contributed by atoms with van der Waals surface area (Å²) in [5, 5.41) is 4.77. The van der Waals surface area contributed by atoms with Crippen molar-refractivity contribution in [2.24, 2.45) is 0 Å². The Hall–Kier alpha value is -3.17. The molecule has 2 aromatic carbocycles. The SMILES string of the molecule is COc1ccc(CN(C)C(=O)c2ccc(Cl)c(NC(=O)c3cccs3)c2)cc1OC(F)F. The summed E-state index contributed by atoms with van der Waals surface area (Å²) >= 11 is 7.46. The van der Waals surface area contributed by atoms with Crippen molar-refractivity contribution in [1.82, 2.24) is 4.90 Å². The van der Waals surface area contributed by atoms with Crippen molar-refractivity contribution in [3.05, 3.63) is 74.9 Å². The Morgan fingerprint density at radius 3 is 2.59 bits per heavy atom. The van der Waals surface area contributed by atoms with Crippen LogP contribution in [0.4, 0.5) is 14.5 Å². The predicted molar refractivity (Wildman–Crippen MR) is 119 cm³/mol. The van der Waals surface area contributed by atoms with Crippen LogP contribution in [0.2, 0.25) is 5.02 Å². The highest BCUT2D eigenvalue weighted by molar-refractivity contribution is 7.12. The van der Waals surface area contributed by atoms with E-state index in [4.69, 9.17) is 16.3 Å². The Morgan fingerprint density at radius 2 is 1.94 bits per heavy atom. The maximum absolute atomic E-state index is 12.9. The Balaban J connectivity index is 1.75. The topological polar surface area (TPSA) is 67.9 Å². The second-order valence-corrected chi connectivity index (χ2v) is 8.01. The third-order valence-electron chi connectivity index (χ3n) is 4.42. The van der Waals surface area contributed by atoms with Crippen molar-refractivity contribution < 1.29 is 27.8 Å². The van der Waals surface area contributed by atoms with Crippen molar-refractivity contribution in [1.29, 1.82) is 0 Å². The predicted octanol–water partition coefficient (Wildman–Crippen LogP) is 5.54. The van der Waals surface area contributed by atoms with E-state index >= 15 is 0 Å². The number of carbonyl (C=O) groups excluding carboxylic acids is 2. The number of amides is 2. The maximum atomic E-state index is 12.9. The zero-order chi connectivity index (χ0) is 23.3. The second kappa shape index (κ2) is 10.4. The Labute approximate surface area is 192 Å². The van der Waals surface area contributed by atoms with Crippen molar-refractivity contribution in [3.63, 3.8) is 0 Å². The molecule has 10 heteroatoms. The van der Waals surface area contributed by atoms with E-state index in [9.17, 15) is 18.4 Å². The van der Waals surface area contributed by atoms with Crippen LogP contribution in [0.15, 0.2) is 53.9 Å². The molecule has 168 valence electrons. The van der Waals surface area contributed by atoms with E-state index in [1.807, 2.05) is 0 Å². The monoisotopic (exact) mass is 480 g/mol. The number of benzene rings is 2. The van der Waals surface area contributed by atoms with Crippen molar-refractivity contribution >= 4 is 40.4 Å². The maximum Gasteiger partial charge on any atom is 0.387 e. The number of nitrogens with zero attached hydrogens (tertiary/aromatic N) is 1. The minimum atomic E-state index is -3.00. The molecule has 1 heterocycles. The molecule has 0 bridgehead atoms. The van der Waals surface area contributed by atoms with Gasteiger partial charge in [0.1, 0.15) is 0 Å². The van der Waals surface area contributed by atoms with Gasteiger partial charge in [-0.15, -0.1) is 11.3 Å². The minimum absolute atomic E-state index is 0.120. The Kier molecular flexibility index (Phi) is 7.66. The number of hydrogen-bond donors (Lipinski definition) is 1. The van der Waals surface area contributed by atoms with Crippen LogP contribution in [-0.4, -0.2) is 37.5 Å². The number of alkyl halides is 2. The largest absolute Gasteiger partial charge is 0.493 e. The highest BCUT2D eigenvalue weighted by Crippen LogP contribution is 2.30. The molecular weight excluding hydrogens is 462 g/mol. The van der Waals surface area contributed by atoms with Gasteiger partial charge in [-0.2, -0.15) is 8.78 Å². The smallest absolute Gasteiger partial charge is 0.387 e. The van der Waals surface area contributed by atoms with Crippen molar-refractivity contribution in [2.45, 2.75) is 13.2 Å². The normalized spacial score (nSPS) is 10.7. The molecule has 1 aromatic heterocycles. The highest BCUT2D eigenvalue weighted by atomic mass is 35.5. The minimum Gasteiger partial charge on any atom is -0.493 e. The van der Waals surface area contributed by atoms with Gasteiger partial charge in [-0.05, 0) is 47.3 Å². The highest BCUT2D eigenvalue weighted by Gasteiger charge is 2.17. The lowest BCUT2D eigenvalue weighted by molar-refractivity contribution is -0.0512. The first-order chi connectivity index (χ1) is 15.3. The fourth-order valence-electron chi connectivity index (χ4n) is 2.92. The van der Waals surface area contributed by atoms with E-state index < -0.39 is 6.61 Å². The number of thiophene rings is 1. The average molecular weight is 481 g/mol. The fraction of sp³-hybridized carbons (Fsp3) is 0.182. The molecular formula is C22H19ClF2N2O4S. The number of nitrogens with one attached hydrogen (secondary N) is 1. The number of rotatable bonds is 8. The lowest BCUT2D eigenvalue weighted by atomic mass is 10.1. The molecule has 6 nitrogen and oxygen atoms in total. The van der Waals surface area contributed by atoms with Gasteiger partial charge >= 0.3 is 6.61 Å². The average Bonchev–Trinajstić information content (AvgIpc) is 3.29. The first-order valence-electron chi connectivity index (χ1n) is 9.30. The van der Waals surface area contributed by atoms with Crippen LogP contribution < -0.4 is 14.8 Å². The molecule has 2 amide bonds. The molecule has 1 N–H and O–H groups in total. The summed E-state index contributed by atoms with van der Waals surface area (Å²) in [6.07, 6.45) is 0. The summed E-state index contributed by atoms with van der Waals surface area (Å²) in [4.78, 5) is 27.1. The molecule has 3 rings (SSSR count). The second-order valence-electron chi connectivity index (χ2n) is 6.65. The number of ether oxygens (including phenoxy) is 2. The van der Waals surface area contributed by atoms with E-state index in [2.05, 4.69) is 10.1 Å². The summed E-state index contributed by atoms with van der Waals surface area (Å²) in [5.41, 5.74) is 1.18. The fourth-order valence-corrected chi connectivity index (χ4v) is 3.70. The van der Waals surface area contributed by atoms with Crippen LogP contribution in [-0.2, 0) is 6.54 Å². The van der Waals surface area contributed by atoms with E-state index in [0.29, 0.717) is 21.7 Å². The number of halogens is 3. The molecule has 0 aliphatic rings. The van der Waals surface area contributed by atoms with Gasteiger partial charge in [-0.1, -0.05) is 23.7 Å². The van der Waals surface area contributed by atoms with Crippen molar-refractivity contribution in [3.8, 4) is 11.5 Å². The van der Waals surface area contributed by atoms with Crippen LogP contribution in [0.5, 0.6) is 11.5 Å². The Bertz CT molecular complexity index is 1110. The zero-order valence-corrected chi connectivity index (χ0v) is 18.7.